The molecule has 1 aliphatic rings. The zero-order valence-corrected chi connectivity index (χ0v) is 12.4. The summed E-state index contributed by atoms with van der Waals surface area (Å²) in [5, 5.41) is 13.6. The molecule has 1 saturated carbocycles. The van der Waals surface area contributed by atoms with E-state index >= 15 is 0 Å². The van der Waals surface area contributed by atoms with Gasteiger partial charge in [-0.15, -0.1) is 11.8 Å². The number of carboxylic acid groups (broad SMARTS) is 1. The summed E-state index contributed by atoms with van der Waals surface area (Å²) in [5.74, 6) is -0.739. The molecule has 0 spiro atoms. The average Bonchev–Trinajstić information content (AvgIpc) is 2.77. The van der Waals surface area contributed by atoms with E-state index in [0.29, 0.717) is 24.6 Å². The van der Waals surface area contributed by atoms with Gasteiger partial charge in [-0.2, -0.15) is 0 Å². The van der Waals surface area contributed by atoms with Gasteiger partial charge in [0.1, 0.15) is 5.54 Å². The summed E-state index contributed by atoms with van der Waals surface area (Å²) in [6.45, 7) is 2.62. The second-order valence-corrected chi connectivity index (χ2v) is 6.58. The van der Waals surface area contributed by atoms with Crippen LogP contribution in [-0.4, -0.2) is 28.4 Å². The van der Waals surface area contributed by atoms with E-state index in [1.54, 1.807) is 11.8 Å². The van der Waals surface area contributed by atoms with Gasteiger partial charge in [-0.05, 0) is 37.9 Å². The Labute approximate surface area is 122 Å². The van der Waals surface area contributed by atoms with Crippen LogP contribution in [0.25, 0.3) is 0 Å². The zero-order valence-electron chi connectivity index (χ0n) is 10.9. The minimum Gasteiger partial charge on any atom is -0.480 e. The summed E-state index contributed by atoms with van der Waals surface area (Å²) < 4.78 is 0. The van der Waals surface area contributed by atoms with Gasteiger partial charge in [0.15, 0.2) is 0 Å². The second kappa shape index (κ2) is 6.16. The van der Waals surface area contributed by atoms with Crippen molar-refractivity contribution in [2.45, 2.75) is 41.9 Å². The minimum atomic E-state index is -0.756. The van der Waals surface area contributed by atoms with Gasteiger partial charge in [-0.25, -0.2) is 0 Å². The third-order valence-electron chi connectivity index (χ3n) is 3.52. The maximum atomic E-state index is 11.5. The van der Waals surface area contributed by atoms with Crippen LogP contribution >= 0.6 is 23.4 Å². The third kappa shape index (κ3) is 3.25. The number of benzene rings is 1. The topological polar surface area (TPSA) is 49.3 Å². The highest BCUT2D eigenvalue weighted by Gasteiger charge is 2.45. The smallest absolute Gasteiger partial charge is 0.323 e. The van der Waals surface area contributed by atoms with Crippen molar-refractivity contribution in [2.24, 2.45) is 0 Å². The molecule has 1 aromatic rings. The fraction of sp³-hybridized carbons (Fsp3) is 0.500. The number of halogens is 1. The Kier molecular flexibility index (Phi) is 4.76. The Morgan fingerprint density at radius 2 is 2.32 bits per heavy atom. The van der Waals surface area contributed by atoms with E-state index in [-0.39, 0.29) is 0 Å². The van der Waals surface area contributed by atoms with Crippen molar-refractivity contribution in [2.75, 3.05) is 6.54 Å². The van der Waals surface area contributed by atoms with Crippen molar-refractivity contribution < 1.29 is 9.90 Å². The fourth-order valence-electron chi connectivity index (χ4n) is 2.59. The summed E-state index contributed by atoms with van der Waals surface area (Å²) >= 11 is 7.83. The molecule has 5 heteroatoms. The molecule has 0 aromatic heterocycles. The van der Waals surface area contributed by atoms with E-state index in [9.17, 15) is 9.90 Å². The average molecular weight is 300 g/mol. The predicted molar refractivity (Wildman–Crippen MR) is 79.0 cm³/mol. The molecule has 0 aliphatic heterocycles. The molecule has 2 rings (SSSR count). The minimum absolute atomic E-state index is 0.301. The van der Waals surface area contributed by atoms with E-state index in [4.69, 9.17) is 11.6 Å². The van der Waals surface area contributed by atoms with Crippen LogP contribution in [0.3, 0.4) is 0 Å². The van der Waals surface area contributed by atoms with E-state index in [1.807, 2.05) is 31.2 Å². The molecule has 0 bridgehead atoms. The predicted octanol–water partition coefficient (Wildman–Crippen LogP) is 3.42. The van der Waals surface area contributed by atoms with Crippen molar-refractivity contribution in [3.63, 3.8) is 0 Å². The lowest BCUT2D eigenvalue weighted by Crippen LogP contribution is -2.50. The lowest BCUT2D eigenvalue weighted by atomic mass is 9.98. The first-order chi connectivity index (χ1) is 9.07. The third-order valence-corrected chi connectivity index (χ3v) is 5.31. The first kappa shape index (κ1) is 14.7. The lowest BCUT2D eigenvalue weighted by molar-refractivity contribution is -0.144. The molecule has 2 atom stereocenters. The van der Waals surface area contributed by atoms with Gasteiger partial charge >= 0.3 is 5.97 Å². The van der Waals surface area contributed by atoms with Crippen molar-refractivity contribution in [1.82, 2.24) is 5.32 Å². The number of carbonyl (C=O) groups is 1. The molecule has 0 amide bonds. The molecule has 0 saturated heterocycles. The Morgan fingerprint density at radius 1 is 1.58 bits per heavy atom. The van der Waals surface area contributed by atoms with Crippen LogP contribution in [0.5, 0.6) is 0 Å². The van der Waals surface area contributed by atoms with Crippen LogP contribution in [0.2, 0.25) is 5.02 Å². The first-order valence-electron chi connectivity index (χ1n) is 6.47. The summed E-state index contributed by atoms with van der Waals surface area (Å²) in [6.07, 6.45) is 2.22. The number of carboxylic acids is 1. The number of hydrogen-bond acceptors (Lipinski definition) is 3. The zero-order chi connectivity index (χ0) is 13.9. The number of likely N-dealkylation sites (N-methyl/N-ethyl adjacent to an activating group) is 1. The Hall–Kier alpha value is -0.710. The first-order valence-corrected chi connectivity index (χ1v) is 7.73. The Bertz CT molecular complexity index is 469. The highest BCUT2D eigenvalue weighted by molar-refractivity contribution is 8.00. The second-order valence-electron chi connectivity index (χ2n) is 4.83. The van der Waals surface area contributed by atoms with Crippen LogP contribution in [0.1, 0.15) is 26.2 Å². The number of hydrogen-bond donors (Lipinski definition) is 2. The lowest BCUT2D eigenvalue weighted by Gasteiger charge is -2.25. The van der Waals surface area contributed by atoms with Gasteiger partial charge in [-0.1, -0.05) is 30.7 Å². The molecule has 0 heterocycles. The Morgan fingerprint density at radius 3 is 2.95 bits per heavy atom. The van der Waals surface area contributed by atoms with E-state index in [0.717, 1.165) is 16.3 Å². The van der Waals surface area contributed by atoms with Gasteiger partial charge in [0.25, 0.3) is 0 Å². The molecular formula is C14H18ClNO2S. The molecule has 19 heavy (non-hydrogen) atoms. The maximum Gasteiger partial charge on any atom is 0.323 e. The van der Waals surface area contributed by atoms with Gasteiger partial charge < -0.3 is 10.4 Å². The molecule has 3 nitrogen and oxygen atoms in total. The summed E-state index contributed by atoms with van der Waals surface area (Å²) in [7, 11) is 0. The quantitative estimate of drug-likeness (QED) is 0.875. The van der Waals surface area contributed by atoms with Crippen molar-refractivity contribution >= 4 is 29.3 Å². The van der Waals surface area contributed by atoms with Crippen LogP contribution in [0.15, 0.2) is 29.2 Å². The van der Waals surface area contributed by atoms with E-state index in [1.165, 1.54) is 0 Å². The molecule has 1 aliphatic carbocycles. The highest BCUT2D eigenvalue weighted by Crippen LogP contribution is 2.42. The standard InChI is InChI=1S/C14H18ClNO2S/c1-2-16-14(13(17)18)8-7-10(9-14)19-12-6-4-3-5-11(12)15/h3-6,10,16H,2,7-9H2,1H3,(H,17,18). The summed E-state index contributed by atoms with van der Waals surface area (Å²) in [6, 6.07) is 7.72. The van der Waals surface area contributed by atoms with E-state index < -0.39 is 11.5 Å². The van der Waals surface area contributed by atoms with Gasteiger partial charge in [0.05, 0.1) is 5.02 Å². The Balaban J connectivity index is 2.06. The number of aliphatic carboxylic acids is 1. The fourth-order valence-corrected chi connectivity index (χ4v) is 4.16. The largest absolute Gasteiger partial charge is 0.480 e. The number of rotatable bonds is 5. The van der Waals surface area contributed by atoms with Crippen LogP contribution in [0, 0.1) is 0 Å². The van der Waals surface area contributed by atoms with Gasteiger partial charge in [0, 0.05) is 10.1 Å². The molecule has 2 N–H and O–H groups in total. The molecule has 1 aromatic carbocycles. The van der Waals surface area contributed by atoms with Crippen molar-refractivity contribution in [3.05, 3.63) is 29.3 Å². The molecular weight excluding hydrogens is 282 g/mol. The molecule has 1 fully saturated rings. The van der Waals surface area contributed by atoms with Crippen LogP contribution in [-0.2, 0) is 4.79 Å². The van der Waals surface area contributed by atoms with Gasteiger partial charge in [0.2, 0.25) is 0 Å². The number of nitrogens with one attached hydrogen (secondary N) is 1. The molecule has 0 radical (unpaired) electrons. The maximum absolute atomic E-state index is 11.5. The van der Waals surface area contributed by atoms with Crippen molar-refractivity contribution in [1.29, 1.82) is 0 Å². The molecule has 2 unspecified atom stereocenters. The normalized spacial score (nSPS) is 26.5. The summed E-state index contributed by atoms with van der Waals surface area (Å²) in [4.78, 5) is 12.5. The highest BCUT2D eigenvalue weighted by atomic mass is 35.5. The molecule has 104 valence electrons. The SMILES string of the molecule is CCNC1(C(=O)O)CCC(Sc2ccccc2Cl)C1. The van der Waals surface area contributed by atoms with Gasteiger partial charge in [-0.3, -0.25) is 4.79 Å². The number of thioether (sulfide) groups is 1. The van der Waals surface area contributed by atoms with Crippen LogP contribution < -0.4 is 5.32 Å². The van der Waals surface area contributed by atoms with E-state index in [2.05, 4.69) is 5.32 Å². The monoisotopic (exact) mass is 299 g/mol. The van der Waals surface area contributed by atoms with Crippen LogP contribution in [0.4, 0.5) is 0 Å². The van der Waals surface area contributed by atoms with Crippen molar-refractivity contribution in [3.8, 4) is 0 Å². The summed E-state index contributed by atoms with van der Waals surface area (Å²) in [5.41, 5.74) is -0.756.